The van der Waals surface area contributed by atoms with E-state index in [0.29, 0.717) is 26.5 Å². The molecule has 3 nitrogen and oxygen atoms in total. The number of carbonyl (C=O) groups excluding carboxylic acids is 1. The Morgan fingerprint density at radius 3 is 2.25 bits per heavy atom. The van der Waals surface area contributed by atoms with Gasteiger partial charge < -0.3 is 0 Å². The number of carbonyl (C=O) groups is 1. The quantitative estimate of drug-likeness (QED) is 0.593. The van der Waals surface area contributed by atoms with Gasteiger partial charge in [-0.15, -0.1) is 0 Å². The molecule has 0 unspecified atom stereocenters. The van der Waals surface area contributed by atoms with Crippen molar-refractivity contribution in [3.05, 3.63) is 63.1 Å². The summed E-state index contributed by atoms with van der Waals surface area (Å²) in [4.78, 5) is 11.7. The third-order valence-electron chi connectivity index (χ3n) is 3.95. The van der Waals surface area contributed by atoms with Crippen LogP contribution in [0.2, 0.25) is 15.1 Å². The van der Waals surface area contributed by atoms with Gasteiger partial charge in [0, 0.05) is 16.0 Å². The number of nitrogens with zero attached hydrogens (tertiary/aromatic N) is 2. The average Bonchev–Trinajstić information content (AvgIpc) is 2.86. The van der Waals surface area contributed by atoms with Crippen molar-refractivity contribution >= 4 is 63.0 Å². The van der Waals surface area contributed by atoms with Crippen molar-refractivity contribution in [3.63, 3.8) is 0 Å². The zero-order valence-electron chi connectivity index (χ0n) is 12.5. The van der Waals surface area contributed by atoms with E-state index in [1.54, 1.807) is 35.3 Å². The first-order valence-corrected chi connectivity index (χ1v) is 8.67. The molecule has 1 aliphatic rings. The number of hydrazone groups is 1. The Balaban J connectivity index is 2.11. The molecule has 0 radical (unpaired) electrons. The van der Waals surface area contributed by atoms with Crippen LogP contribution in [0.3, 0.4) is 0 Å². The molecule has 0 fully saturated rings. The highest BCUT2D eigenvalue weighted by molar-refractivity contribution is 6.82. The van der Waals surface area contributed by atoms with Crippen molar-refractivity contribution in [2.24, 2.45) is 11.0 Å². The van der Waals surface area contributed by atoms with Gasteiger partial charge in [-0.1, -0.05) is 53.9 Å². The van der Waals surface area contributed by atoms with Gasteiger partial charge in [-0.25, -0.2) is 0 Å². The van der Waals surface area contributed by atoms with Crippen LogP contribution in [0.4, 0.5) is 5.69 Å². The lowest BCUT2D eigenvalue weighted by Crippen LogP contribution is -2.25. The third kappa shape index (κ3) is 3.27. The number of hydrogen-bond donors (Lipinski definition) is 0. The molecule has 24 heavy (non-hydrogen) atoms. The Morgan fingerprint density at radius 1 is 1.04 bits per heavy atom. The number of benzene rings is 2. The Morgan fingerprint density at radius 2 is 1.67 bits per heavy atom. The number of hydrogen-bond acceptors (Lipinski definition) is 3. The summed E-state index contributed by atoms with van der Waals surface area (Å²) in [5.74, 6) is -0.206. The van der Waals surface area contributed by atoms with Crippen LogP contribution in [0.1, 0.15) is 18.5 Å². The zero-order valence-corrected chi connectivity index (χ0v) is 15.5. The summed E-state index contributed by atoms with van der Waals surface area (Å²) < 4.78 is 0. The molecule has 0 spiro atoms. The standard InChI is InChI=1S/C17H12Cl4N2O/c1-9-15(17(21)24)22-23(14-7-6-12(19)8-13(14)20)16(9)10-2-4-11(18)5-3-10/h2-9,16H,1H3/t9-,16+/m1/s1. The van der Waals surface area contributed by atoms with Gasteiger partial charge in [-0.2, -0.15) is 5.10 Å². The summed E-state index contributed by atoms with van der Waals surface area (Å²) in [6.07, 6.45) is 0. The molecule has 2 aromatic carbocycles. The molecule has 1 heterocycles. The summed E-state index contributed by atoms with van der Waals surface area (Å²) in [6.45, 7) is 1.90. The molecule has 124 valence electrons. The highest BCUT2D eigenvalue weighted by atomic mass is 35.5. The molecule has 0 saturated heterocycles. The molecular formula is C17H12Cl4N2O. The van der Waals surface area contributed by atoms with Crippen LogP contribution in [0.5, 0.6) is 0 Å². The van der Waals surface area contributed by atoms with Crippen molar-refractivity contribution in [2.45, 2.75) is 13.0 Å². The van der Waals surface area contributed by atoms with Crippen molar-refractivity contribution in [3.8, 4) is 0 Å². The Bertz CT molecular complexity index is 820. The van der Waals surface area contributed by atoms with Crippen LogP contribution in [-0.2, 0) is 4.79 Å². The Hall–Kier alpha value is -1.26. The van der Waals surface area contributed by atoms with E-state index >= 15 is 0 Å². The predicted molar refractivity (Wildman–Crippen MR) is 101 cm³/mol. The Labute approximate surface area is 159 Å². The second-order valence-corrected chi connectivity index (χ2v) is 7.11. The van der Waals surface area contributed by atoms with Crippen LogP contribution < -0.4 is 5.01 Å². The van der Waals surface area contributed by atoms with Gasteiger partial charge in [0.15, 0.2) is 0 Å². The second-order valence-electron chi connectivity index (χ2n) is 5.48. The van der Waals surface area contributed by atoms with Gasteiger partial charge in [0.05, 0.1) is 16.8 Å². The van der Waals surface area contributed by atoms with Crippen molar-refractivity contribution in [2.75, 3.05) is 5.01 Å². The molecule has 2 aromatic rings. The lowest BCUT2D eigenvalue weighted by molar-refractivity contribution is -0.106. The van der Waals surface area contributed by atoms with Crippen molar-refractivity contribution in [1.82, 2.24) is 0 Å². The fourth-order valence-corrected chi connectivity index (χ4v) is 3.64. The lowest BCUT2D eigenvalue weighted by Gasteiger charge is -2.27. The van der Waals surface area contributed by atoms with E-state index in [1.165, 1.54) is 0 Å². The molecule has 0 N–H and O–H groups in total. The minimum Gasteiger partial charge on any atom is -0.274 e. The van der Waals surface area contributed by atoms with Crippen LogP contribution in [0.25, 0.3) is 0 Å². The zero-order chi connectivity index (χ0) is 17.4. The highest BCUT2D eigenvalue weighted by Gasteiger charge is 2.39. The summed E-state index contributed by atoms with van der Waals surface area (Å²) in [6, 6.07) is 12.3. The van der Waals surface area contributed by atoms with Crippen molar-refractivity contribution in [1.29, 1.82) is 0 Å². The van der Waals surface area contributed by atoms with Crippen LogP contribution in [0, 0.1) is 5.92 Å². The maximum Gasteiger partial charge on any atom is 0.268 e. The molecule has 0 amide bonds. The summed E-state index contributed by atoms with van der Waals surface area (Å²) >= 11 is 24.0. The molecule has 0 bridgehead atoms. The maximum atomic E-state index is 11.7. The molecule has 0 aromatic heterocycles. The first kappa shape index (κ1) is 17.6. The van der Waals surface area contributed by atoms with E-state index in [4.69, 9.17) is 46.4 Å². The summed E-state index contributed by atoms with van der Waals surface area (Å²) in [5, 5.41) is 7.16. The normalized spacial score (nSPS) is 20.2. The SMILES string of the molecule is C[C@@H]1C(C(=O)Cl)=NN(c2ccc(Cl)cc2Cl)[C@@H]1c1ccc(Cl)cc1. The topological polar surface area (TPSA) is 32.7 Å². The van der Waals surface area contributed by atoms with Gasteiger partial charge >= 0.3 is 0 Å². The molecule has 7 heteroatoms. The van der Waals surface area contributed by atoms with Crippen LogP contribution >= 0.6 is 46.4 Å². The predicted octanol–water partition coefficient (Wildman–Crippen LogP) is 5.97. The van der Waals surface area contributed by atoms with Gasteiger partial charge in [-0.05, 0) is 47.5 Å². The van der Waals surface area contributed by atoms with E-state index in [1.807, 2.05) is 19.1 Å². The van der Waals surface area contributed by atoms with Gasteiger partial charge in [0.25, 0.3) is 5.24 Å². The number of anilines is 1. The minimum absolute atomic E-state index is 0.206. The van der Waals surface area contributed by atoms with Gasteiger partial charge in [0.1, 0.15) is 5.71 Å². The summed E-state index contributed by atoms with van der Waals surface area (Å²) in [7, 11) is 0. The van der Waals surface area contributed by atoms with E-state index in [0.717, 1.165) is 5.56 Å². The summed E-state index contributed by atoms with van der Waals surface area (Å²) in [5.41, 5.74) is 1.90. The molecule has 2 atom stereocenters. The fraction of sp³-hybridized carbons (Fsp3) is 0.176. The largest absolute Gasteiger partial charge is 0.274 e. The monoisotopic (exact) mass is 400 g/mol. The number of halogens is 4. The first-order chi connectivity index (χ1) is 11.4. The van der Waals surface area contributed by atoms with E-state index in [-0.39, 0.29) is 12.0 Å². The fourth-order valence-electron chi connectivity index (χ4n) is 2.81. The minimum atomic E-state index is -0.575. The maximum absolute atomic E-state index is 11.7. The first-order valence-electron chi connectivity index (χ1n) is 7.16. The average molecular weight is 402 g/mol. The van der Waals surface area contributed by atoms with Crippen molar-refractivity contribution < 1.29 is 4.79 Å². The smallest absolute Gasteiger partial charge is 0.268 e. The lowest BCUT2D eigenvalue weighted by atomic mass is 9.92. The second kappa shape index (κ2) is 6.93. The van der Waals surface area contributed by atoms with E-state index in [2.05, 4.69) is 5.10 Å². The van der Waals surface area contributed by atoms with Crippen LogP contribution in [0.15, 0.2) is 47.6 Å². The molecule has 1 aliphatic heterocycles. The van der Waals surface area contributed by atoms with E-state index in [9.17, 15) is 4.79 Å². The highest BCUT2D eigenvalue weighted by Crippen LogP contribution is 2.42. The molecule has 0 saturated carbocycles. The Kier molecular flexibility index (Phi) is 5.07. The van der Waals surface area contributed by atoms with Gasteiger partial charge in [0.2, 0.25) is 0 Å². The third-order valence-corrected chi connectivity index (χ3v) is 4.94. The molecular weight excluding hydrogens is 390 g/mol. The molecule has 3 rings (SSSR count). The number of rotatable bonds is 3. The van der Waals surface area contributed by atoms with Crippen LogP contribution in [-0.4, -0.2) is 11.0 Å². The molecule has 0 aliphatic carbocycles. The van der Waals surface area contributed by atoms with E-state index < -0.39 is 5.24 Å². The van der Waals surface area contributed by atoms with Gasteiger partial charge in [-0.3, -0.25) is 9.80 Å².